The fourth-order valence-corrected chi connectivity index (χ4v) is 2.69. The largest absolute Gasteiger partial charge is 0.316 e. The summed E-state index contributed by atoms with van der Waals surface area (Å²) in [6, 6.07) is 10.6. The lowest BCUT2D eigenvalue weighted by atomic mass is 9.87. The van der Waals surface area contributed by atoms with Crippen molar-refractivity contribution >= 4 is 0 Å². The summed E-state index contributed by atoms with van der Waals surface area (Å²) in [6.07, 6.45) is 7.99. The van der Waals surface area contributed by atoms with Crippen molar-refractivity contribution in [3.63, 3.8) is 0 Å². The number of nitrogens with two attached hydrogens (primary N) is 1. The van der Waals surface area contributed by atoms with Crippen molar-refractivity contribution in [3.8, 4) is 0 Å². The van der Waals surface area contributed by atoms with Gasteiger partial charge in [0, 0.05) is 6.54 Å². The second-order valence-electron chi connectivity index (χ2n) is 5.11. The van der Waals surface area contributed by atoms with E-state index in [0.717, 1.165) is 13.0 Å². The van der Waals surface area contributed by atoms with Crippen LogP contribution in [0.3, 0.4) is 0 Å². The lowest BCUT2D eigenvalue weighted by Gasteiger charge is -2.28. The molecule has 0 radical (unpaired) electrons. The third-order valence-corrected chi connectivity index (χ3v) is 3.79. The Morgan fingerprint density at radius 3 is 2.53 bits per heavy atom. The van der Waals surface area contributed by atoms with Gasteiger partial charge in [0.05, 0.1) is 6.17 Å². The van der Waals surface area contributed by atoms with E-state index in [1.165, 1.54) is 37.7 Å². The zero-order valence-electron chi connectivity index (χ0n) is 10.6. The highest BCUT2D eigenvalue weighted by molar-refractivity contribution is 5.14. The van der Waals surface area contributed by atoms with Gasteiger partial charge in [0.2, 0.25) is 0 Å². The average Bonchev–Trinajstić information content (AvgIpc) is 2.41. The number of benzene rings is 1. The van der Waals surface area contributed by atoms with E-state index in [4.69, 9.17) is 5.73 Å². The van der Waals surface area contributed by atoms with Crippen LogP contribution >= 0.6 is 0 Å². The summed E-state index contributed by atoms with van der Waals surface area (Å²) in [5.41, 5.74) is 7.59. The highest BCUT2D eigenvalue weighted by Gasteiger charge is 2.19. The zero-order chi connectivity index (χ0) is 11.9. The van der Waals surface area contributed by atoms with Crippen molar-refractivity contribution in [2.75, 3.05) is 6.54 Å². The molecular formula is C15H24N2. The Bertz CT molecular complexity index is 304. The van der Waals surface area contributed by atoms with E-state index in [2.05, 4.69) is 35.6 Å². The maximum Gasteiger partial charge on any atom is 0.0575 e. The predicted molar refractivity (Wildman–Crippen MR) is 72.7 cm³/mol. The maximum absolute atomic E-state index is 6.20. The summed E-state index contributed by atoms with van der Waals surface area (Å²) in [4.78, 5) is 0. The monoisotopic (exact) mass is 232 g/mol. The molecule has 0 saturated heterocycles. The molecule has 1 atom stereocenters. The summed E-state index contributed by atoms with van der Waals surface area (Å²) in [6.45, 7) is 0.988. The van der Waals surface area contributed by atoms with Crippen molar-refractivity contribution in [1.82, 2.24) is 5.32 Å². The van der Waals surface area contributed by atoms with Gasteiger partial charge in [-0.1, -0.05) is 49.6 Å². The summed E-state index contributed by atoms with van der Waals surface area (Å²) >= 11 is 0. The summed E-state index contributed by atoms with van der Waals surface area (Å²) < 4.78 is 0. The van der Waals surface area contributed by atoms with E-state index >= 15 is 0 Å². The van der Waals surface area contributed by atoms with Crippen molar-refractivity contribution in [2.24, 2.45) is 11.7 Å². The third-order valence-electron chi connectivity index (χ3n) is 3.79. The van der Waals surface area contributed by atoms with Gasteiger partial charge < -0.3 is 11.1 Å². The first-order valence-corrected chi connectivity index (χ1v) is 6.89. The fraction of sp³-hybridized carbons (Fsp3) is 0.600. The molecular weight excluding hydrogens is 208 g/mol. The van der Waals surface area contributed by atoms with E-state index in [1.807, 2.05) is 0 Å². The molecule has 0 amide bonds. The van der Waals surface area contributed by atoms with Gasteiger partial charge in [0.1, 0.15) is 0 Å². The molecule has 0 heterocycles. The van der Waals surface area contributed by atoms with Crippen LogP contribution in [-0.2, 0) is 6.42 Å². The smallest absolute Gasteiger partial charge is 0.0575 e. The van der Waals surface area contributed by atoms with Gasteiger partial charge in [0.15, 0.2) is 0 Å². The minimum absolute atomic E-state index is 0.194. The highest BCUT2D eigenvalue weighted by Crippen LogP contribution is 2.24. The molecule has 1 aliphatic rings. The predicted octanol–water partition coefficient (Wildman–Crippen LogP) is 2.68. The van der Waals surface area contributed by atoms with E-state index in [-0.39, 0.29) is 6.17 Å². The second-order valence-corrected chi connectivity index (χ2v) is 5.11. The molecule has 0 spiro atoms. The lowest BCUT2D eigenvalue weighted by Crippen LogP contribution is -2.45. The van der Waals surface area contributed by atoms with Crippen LogP contribution in [0.1, 0.15) is 37.7 Å². The minimum Gasteiger partial charge on any atom is -0.316 e. The minimum atomic E-state index is 0.194. The van der Waals surface area contributed by atoms with Gasteiger partial charge in [-0.05, 0) is 30.7 Å². The first kappa shape index (κ1) is 12.6. The van der Waals surface area contributed by atoms with Crippen molar-refractivity contribution < 1.29 is 0 Å². The molecule has 0 aliphatic heterocycles. The molecule has 17 heavy (non-hydrogen) atoms. The van der Waals surface area contributed by atoms with Crippen LogP contribution in [0, 0.1) is 5.92 Å². The van der Waals surface area contributed by atoms with Crippen LogP contribution < -0.4 is 11.1 Å². The van der Waals surface area contributed by atoms with Gasteiger partial charge in [-0.15, -0.1) is 0 Å². The standard InChI is InChI=1S/C15H24N2/c16-15(14-9-5-2-6-10-14)17-12-11-13-7-3-1-4-8-13/h1,3-4,7-8,14-15,17H,2,5-6,9-12,16H2. The molecule has 2 nitrogen and oxygen atoms in total. The molecule has 1 aromatic rings. The molecule has 94 valence electrons. The van der Waals surface area contributed by atoms with Gasteiger partial charge >= 0.3 is 0 Å². The molecule has 2 heteroatoms. The molecule has 1 aliphatic carbocycles. The van der Waals surface area contributed by atoms with E-state index in [1.54, 1.807) is 0 Å². The first-order valence-electron chi connectivity index (χ1n) is 6.89. The fourth-order valence-electron chi connectivity index (χ4n) is 2.69. The van der Waals surface area contributed by atoms with Crippen LogP contribution in [0.25, 0.3) is 0 Å². The van der Waals surface area contributed by atoms with E-state index in [9.17, 15) is 0 Å². The number of nitrogens with one attached hydrogen (secondary N) is 1. The Labute approximate surface area is 105 Å². The molecule has 1 unspecified atom stereocenters. The van der Waals surface area contributed by atoms with E-state index in [0.29, 0.717) is 5.92 Å². The Kier molecular flexibility index (Phi) is 5.02. The number of hydrogen-bond donors (Lipinski definition) is 2. The van der Waals surface area contributed by atoms with Gasteiger partial charge in [-0.25, -0.2) is 0 Å². The highest BCUT2D eigenvalue weighted by atomic mass is 15.0. The summed E-state index contributed by atoms with van der Waals surface area (Å²) in [5, 5.41) is 3.48. The second kappa shape index (κ2) is 6.77. The van der Waals surface area contributed by atoms with Gasteiger partial charge in [0.25, 0.3) is 0 Å². The van der Waals surface area contributed by atoms with Crippen LogP contribution in [0.15, 0.2) is 30.3 Å². The zero-order valence-corrected chi connectivity index (χ0v) is 10.6. The van der Waals surface area contributed by atoms with Crippen molar-refractivity contribution in [2.45, 2.75) is 44.7 Å². The molecule has 0 aromatic heterocycles. The van der Waals surface area contributed by atoms with Crippen molar-refractivity contribution in [3.05, 3.63) is 35.9 Å². The Hall–Kier alpha value is -0.860. The third kappa shape index (κ3) is 4.14. The van der Waals surface area contributed by atoms with E-state index < -0.39 is 0 Å². The molecule has 3 N–H and O–H groups in total. The number of hydrogen-bond acceptors (Lipinski definition) is 2. The topological polar surface area (TPSA) is 38.0 Å². The Morgan fingerprint density at radius 2 is 1.82 bits per heavy atom. The molecule has 1 aromatic carbocycles. The van der Waals surface area contributed by atoms with Crippen LogP contribution in [-0.4, -0.2) is 12.7 Å². The summed E-state index contributed by atoms with van der Waals surface area (Å²) in [5.74, 6) is 0.694. The van der Waals surface area contributed by atoms with Crippen LogP contribution in [0.4, 0.5) is 0 Å². The molecule has 2 rings (SSSR count). The first-order chi connectivity index (χ1) is 8.36. The summed E-state index contributed by atoms with van der Waals surface area (Å²) in [7, 11) is 0. The quantitative estimate of drug-likeness (QED) is 0.766. The Morgan fingerprint density at radius 1 is 1.12 bits per heavy atom. The molecule has 1 fully saturated rings. The lowest BCUT2D eigenvalue weighted by molar-refractivity contribution is 0.274. The average molecular weight is 232 g/mol. The van der Waals surface area contributed by atoms with Crippen LogP contribution in [0.2, 0.25) is 0 Å². The number of rotatable bonds is 5. The van der Waals surface area contributed by atoms with Crippen LogP contribution in [0.5, 0.6) is 0 Å². The normalized spacial score (nSPS) is 19.1. The molecule has 1 saturated carbocycles. The Balaban J connectivity index is 1.67. The maximum atomic E-state index is 6.20. The SMILES string of the molecule is NC(NCCc1ccccc1)C1CCCCC1. The van der Waals surface area contributed by atoms with Crippen molar-refractivity contribution in [1.29, 1.82) is 0 Å². The van der Waals surface area contributed by atoms with Gasteiger partial charge in [-0.2, -0.15) is 0 Å². The van der Waals surface area contributed by atoms with Gasteiger partial charge in [-0.3, -0.25) is 0 Å². The molecule has 0 bridgehead atoms.